The van der Waals surface area contributed by atoms with E-state index in [-0.39, 0.29) is 23.7 Å². The van der Waals surface area contributed by atoms with Crippen molar-refractivity contribution in [3.05, 3.63) is 70.4 Å². The van der Waals surface area contributed by atoms with E-state index < -0.39 is 23.5 Å². The molecule has 0 aromatic heterocycles. The van der Waals surface area contributed by atoms with Crippen molar-refractivity contribution in [3.63, 3.8) is 0 Å². The number of nitrogens with one attached hydrogen (secondary N) is 1. The molecule has 6 nitrogen and oxygen atoms in total. The minimum absolute atomic E-state index is 0.0382. The predicted octanol–water partition coefficient (Wildman–Crippen LogP) is 2.99. The Hall–Kier alpha value is -2.87. The van der Waals surface area contributed by atoms with E-state index in [1.54, 1.807) is 18.0 Å². The summed E-state index contributed by atoms with van der Waals surface area (Å²) in [6.07, 6.45) is 4.31. The molecule has 4 aliphatic rings. The third-order valence-electron chi connectivity index (χ3n) is 7.44. The number of carbonyl (C=O) groups is 1. The van der Waals surface area contributed by atoms with Gasteiger partial charge in [0.15, 0.2) is 5.76 Å². The molecule has 0 radical (unpaired) electrons. The molecule has 3 atom stereocenters. The molecule has 1 spiro atoms. The van der Waals surface area contributed by atoms with Gasteiger partial charge in [0.05, 0.1) is 5.54 Å². The zero-order valence-corrected chi connectivity index (χ0v) is 18.0. The Balaban J connectivity index is 1.39. The highest BCUT2D eigenvalue weighted by Gasteiger charge is 2.56. The number of piperazine rings is 1. The van der Waals surface area contributed by atoms with Gasteiger partial charge >= 0.3 is 0 Å². The molecule has 1 aromatic carbocycles. The predicted molar refractivity (Wildman–Crippen MR) is 114 cm³/mol. The van der Waals surface area contributed by atoms with Gasteiger partial charge in [-0.1, -0.05) is 13.0 Å². The first-order valence-corrected chi connectivity index (χ1v) is 11.0. The van der Waals surface area contributed by atoms with Gasteiger partial charge in [-0.3, -0.25) is 4.79 Å². The number of amides is 1. The fraction of sp³-hybridized carbons (Fsp3) is 0.458. The van der Waals surface area contributed by atoms with Crippen molar-refractivity contribution in [3.8, 4) is 0 Å². The molecule has 2 saturated heterocycles. The molecule has 5 rings (SSSR count). The quantitative estimate of drug-likeness (QED) is 0.667. The van der Waals surface area contributed by atoms with E-state index in [2.05, 4.69) is 11.9 Å². The number of hydrogen-bond acceptors (Lipinski definition) is 5. The van der Waals surface area contributed by atoms with Gasteiger partial charge in [0.1, 0.15) is 23.4 Å². The van der Waals surface area contributed by atoms with Crippen molar-refractivity contribution in [2.24, 2.45) is 5.92 Å². The van der Waals surface area contributed by atoms with Gasteiger partial charge < -0.3 is 25.3 Å². The number of aliphatic hydroxyl groups excluding tert-OH is 2. The van der Waals surface area contributed by atoms with Gasteiger partial charge in [0.25, 0.3) is 5.91 Å². The third kappa shape index (κ3) is 3.11. The van der Waals surface area contributed by atoms with Crippen LogP contribution in [-0.4, -0.2) is 50.7 Å². The van der Waals surface area contributed by atoms with Crippen LogP contribution in [0.25, 0.3) is 0 Å². The first kappa shape index (κ1) is 21.0. The van der Waals surface area contributed by atoms with Crippen molar-refractivity contribution in [1.82, 2.24) is 15.1 Å². The molecule has 1 saturated carbocycles. The Bertz CT molecular complexity index is 1060. The number of hydrogen-bond donors (Lipinski definition) is 3. The second kappa shape index (κ2) is 7.33. The van der Waals surface area contributed by atoms with Gasteiger partial charge in [-0.2, -0.15) is 0 Å². The highest BCUT2D eigenvalue weighted by molar-refractivity contribution is 5.96. The van der Waals surface area contributed by atoms with Crippen LogP contribution in [-0.2, 0) is 11.3 Å². The highest BCUT2D eigenvalue weighted by atomic mass is 19.1. The van der Waals surface area contributed by atoms with Gasteiger partial charge in [0.2, 0.25) is 0 Å². The zero-order valence-electron chi connectivity index (χ0n) is 18.0. The third-order valence-corrected chi connectivity index (χ3v) is 7.44. The van der Waals surface area contributed by atoms with E-state index in [1.165, 1.54) is 6.07 Å². The molecule has 3 fully saturated rings. The zero-order chi connectivity index (χ0) is 22.8. The topological polar surface area (TPSA) is 76.0 Å². The Morgan fingerprint density at radius 2 is 2.16 bits per heavy atom. The smallest absolute Gasteiger partial charge is 0.274 e. The second-order valence-corrected chi connectivity index (χ2v) is 9.47. The number of aryl methyl sites for hydroxylation is 1. The summed E-state index contributed by atoms with van der Waals surface area (Å²) in [6.45, 7) is 6.86. The SMILES string of the molecule is C=C(NCc1c(C)cc(F)cc1F)C1=CN2C[C@]34CCC[C@H](CN3C(=O)C2=C(O)C1O)C4. The normalized spacial score (nSPS) is 29.0. The van der Waals surface area contributed by atoms with Crippen LogP contribution in [0.1, 0.15) is 36.8 Å². The van der Waals surface area contributed by atoms with E-state index in [4.69, 9.17) is 0 Å². The van der Waals surface area contributed by atoms with E-state index in [0.29, 0.717) is 41.4 Å². The maximum absolute atomic E-state index is 14.2. The molecule has 3 heterocycles. The molecule has 8 heteroatoms. The molecule has 1 unspecified atom stereocenters. The second-order valence-electron chi connectivity index (χ2n) is 9.47. The number of benzene rings is 1. The van der Waals surface area contributed by atoms with Gasteiger partial charge in [-0.05, 0) is 43.7 Å². The van der Waals surface area contributed by atoms with Crippen molar-refractivity contribution >= 4 is 5.91 Å². The van der Waals surface area contributed by atoms with Crippen LogP contribution in [0.3, 0.4) is 0 Å². The van der Waals surface area contributed by atoms with E-state index in [0.717, 1.165) is 31.7 Å². The Morgan fingerprint density at radius 1 is 1.38 bits per heavy atom. The van der Waals surface area contributed by atoms with Crippen LogP contribution in [0.2, 0.25) is 0 Å². The fourth-order valence-electron chi connectivity index (χ4n) is 5.87. The average molecular weight is 443 g/mol. The lowest BCUT2D eigenvalue weighted by Gasteiger charge is -2.49. The van der Waals surface area contributed by atoms with Crippen molar-refractivity contribution in [2.45, 2.75) is 50.8 Å². The standard InChI is InChI=1S/C24H27F2N3O3/c1-13-6-16(25)7-19(26)17(13)9-27-14(2)18-11-28-12-24-5-3-4-15(8-24)10-29(24)23(32)20(28)22(31)21(18)30/h6-7,11,15,21,27,30-31H,2-5,8-10,12H2,1H3/t15-,21?,24+/m0/s1. The number of carbonyl (C=O) groups excluding carboxylic acids is 1. The van der Waals surface area contributed by atoms with Crippen LogP contribution in [0, 0.1) is 24.5 Å². The van der Waals surface area contributed by atoms with Crippen LogP contribution in [0.5, 0.6) is 0 Å². The van der Waals surface area contributed by atoms with Crippen LogP contribution < -0.4 is 5.32 Å². The first-order valence-electron chi connectivity index (χ1n) is 11.0. The lowest BCUT2D eigenvalue weighted by molar-refractivity contribution is -0.138. The van der Waals surface area contributed by atoms with E-state index in [1.807, 2.05) is 4.90 Å². The lowest BCUT2D eigenvalue weighted by Crippen LogP contribution is -2.61. The summed E-state index contributed by atoms with van der Waals surface area (Å²) in [6, 6.07) is 2.08. The summed E-state index contributed by atoms with van der Waals surface area (Å²) in [5, 5.41) is 24.5. The average Bonchev–Trinajstić information content (AvgIpc) is 2.99. The minimum atomic E-state index is -1.42. The Labute approximate surface area is 185 Å². The Morgan fingerprint density at radius 3 is 2.91 bits per heavy atom. The van der Waals surface area contributed by atoms with Crippen molar-refractivity contribution in [1.29, 1.82) is 0 Å². The summed E-state index contributed by atoms with van der Waals surface area (Å²) in [4.78, 5) is 16.9. The summed E-state index contributed by atoms with van der Waals surface area (Å²) in [7, 11) is 0. The number of aliphatic hydroxyl groups is 2. The number of fused-ring (bicyclic) bond motifs is 2. The summed E-state index contributed by atoms with van der Waals surface area (Å²) < 4.78 is 27.6. The largest absolute Gasteiger partial charge is 0.507 e. The fourth-order valence-corrected chi connectivity index (χ4v) is 5.87. The molecule has 32 heavy (non-hydrogen) atoms. The first-order chi connectivity index (χ1) is 15.2. The molecule has 3 N–H and O–H groups in total. The van der Waals surface area contributed by atoms with Crippen molar-refractivity contribution < 1.29 is 23.8 Å². The van der Waals surface area contributed by atoms with Crippen molar-refractivity contribution in [2.75, 3.05) is 13.1 Å². The summed E-state index contributed by atoms with van der Waals surface area (Å²) in [5.41, 5.74) is 1.24. The van der Waals surface area contributed by atoms with Gasteiger partial charge in [-0.25, -0.2) is 8.78 Å². The molecule has 2 bridgehead atoms. The molecular weight excluding hydrogens is 416 g/mol. The summed E-state index contributed by atoms with van der Waals surface area (Å²) >= 11 is 0. The molecular formula is C24H27F2N3O3. The molecule has 1 aliphatic carbocycles. The van der Waals surface area contributed by atoms with E-state index in [9.17, 15) is 23.8 Å². The highest BCUT2D eigenvalue weighted by Crippen LogP contribution is 2.49. The van der Waals surface area contributed by atoms with Crippen LogP contribution in [0.4, 0.5) is 8.78 Å². The number of rotatable bonds is 4. The maximum Gasteiger partial charge on any atom is 0.274 e. The number of halogens is 2. The van der Waals surface area contributed by atoms with Gasteiger partial charge in [0, 0.05) is 48.7 Å². The monoisotopic (exact) mass is 443 g/mol. The lowest BCUT2D eigenvalue weighted by atomic mass is 9.78. The molecule has 170 valence electrons. The summed E-state index contributed by atoms with van der Waals surface area (Å²) in [5.74, 6) is -1.46. The van der Waals surface area contributed by atoms with Gasteiger partial charge in [-0.15, -0.1) is 0 Å². The Kier molecular flexibility index (Phi) is 4.81. The van der Waals surface area contributed by atoms with Crippen LogP contribution >= 0.6 is 0 Å². The van der Waals surface area contributed by atoms with E-state index >= 15 is 0 Å². The maximum atomic E-state index is 14.2. The van der Waals surface area contributed by atoms with Crippen LogP contribution in [0.15, 0.2) is 47.6 Å². The number of nitrogens with zero attached hydrogens (tertiary/aromatic N) is 2. The minimum Gasteiger partial charge on any atom is -0.507 e. The molecule has 1 amide bonds. The molecule has 1 aromatic rings. The molecule has 3 aliphatic heterocycles.